The molecule has 0 aliphatic rings. The number of furan rings is 1. The second kappa shape index (κ2) is 9.97. The summed E-state index contributed by atoms with van der Waals surface area (Å²) in [7, 11) is 0. The highest BCUT2D eigenvalue weighted by atomic mass is 32.1. The van der Waals surface area contributed by atoms with Crippen molar-refractivity contribution in [1.29, 1.82) is 0 Å². The SMILES string of the molecule is c1ccc(-c2nc(-c3ccccc3)nc(-c3cc(-c4cccc5oc6ccccc6c45)c4c(c3)sc3ccccc34)n2)cc1. The quantitative estimate of drug-likeness (QED) is 0.207. The normalized spacial score (nSPS) is 11.6. The number of para-hydroxylation sites is 1. The molecular formula is C39H23N3OS. The van der Waals surface area contributed by atoms with Crippen LogP contribution in [0.2, 0.25) is 0 Å². The summed E-state index contributed by atoms with van der Waals surface area (Å²) in [5.41, 5.74) is 6.87. The molecule has 0 bridgehead atoms. The summed E-state index contributed by atoms with van der Waals surface area (Å²) in [5.74, 6) is 1.94. The van der Waals surface area contributed by atoms with Crippen LogP contribution in [0.25, 0.3) is 87.4 Å². The van der Waals surface area contributed by atoms with Gasteiger partial charge in [-0.2, -0.15) is 0 Å². The van der Waals surface area contributed by atoms with Crippen LogP contribution in [0.3, 0.4) is 0 Å². The fraction of sp³-hybridized carbons (Fsp3) is 0. The van der Waals surface area contributed by atoms with Gasteiger partial charge in [-0.15, -0.1) is 11.3 Å². The van der Waals surface area contributed by atoms with Crippen LogP contribution in [-0.2, 0) is 0 Å². The maximum Gasteiger partial charge on any atom is 0.164 e. The molecule has 0 unspecified atom stereocenters. The van der Waals surface area contributed by atoms with Crippen molar-refractivity contribution in [3.63, 3.8) is 0 Å². The summed E-state index contributed by atoms with van der Waals surface area (Å²) in [6.07, 6.45) is 0. The van der Waals surface area contributed by atoms with Gasteiger partial charge in [0.05, 0.1) is 0 Å². The Labute approximate surface area is 256 Å². The van der Waals surface area contributed by atoms with Gasteiger partial charge in [-0.1, -0.05) is 109 Å². The number of rotatable bonds is 4. The molecule has 0 amide bonds. The Morgan fingerprint density at radius 3 is 1.73 bits per heavy atom. The number of hydrogen-bond acceptors (Lipinski definition) is 5. The van der Waals surface area contributed by atoms with Gasteiger partial charge in [-0.25, -0.2) is 15.0 Å². The van der Waals surface area contributed by atoms with Crippen LogP contribution in [0, 0.1) is 0 Å². The summed E-state index contributed by atoms with van der Waals surface area (Å²) in [6, 6.07) is 47.9. The molecule has 0 fully saturated rings. The van der Waals surface area contributed by atoms with Gasteiger partial charge in [-0.05, 0) is 41.5 Å². The van der Waals surface area contributed by atoms with E-state index in [9.17, 15) is 0 Å². The van der Waals surface area contributed by atoms with Crippen LogP contribution in [0.5, 0.6) is 0 Å². The van der Waals surface area contributed by atoms with E-state index in [1.165, 1.54) is 20.2 Å². The molecule has 0 N–H and O–H groups in total. The number of fused-ring (bicyclic) bond motifs is 6. The van der Waals surface area contributed by atoms with Crippen molar-refractivity contribution in [2.75, 3.05) is 0 Å². The van der Waals surface area contributed by atoms with Gasteiger partial charge >= 0.3 is 0 Å². The zero-order valence-corrected chi connectivity index (χ0v) is 24.3. The van der Waals surface area contributed by atoms with Gasteiger partial charge < -0.3 is 4.42 Å². The number of nitrogens with zero attached hydrogens (tertiary/aromatic N) is 3. The molecular weight excluding hydrogens is 559 g/mol. The fourth-order valence-corrected chi connectivity index (χ4v) is 7.30. The van der Waals surface area contributed by atoms with Gasteiger partial charge in [0, 0.05) is 47.6 Å². The largest absolute Gasteiger partial charge is 0.456 e. The highest BCUT2D eigenvalue weighted by Gasteiger charge is 2.20. The summed E-state index contributed by atoms with van der Waals surface area (Å²) in [4.78, 5) is 15.0. The lowest BCUT2D eigenvalue weighted by molar-refractivity contribution is 0.669. The van der Waals surface area contributed by atoms with E-state index in [1.807, 2.05) is 72.8 Å². The van der Waals surface area contributed by atoms with Crippen molar-refractivity contribution in [2.24, 2.45) is 0 Å². The third-order valence-electron chi connectivity index (χ3n) is 8.13. The molecule has 206 valence electrons. The van der Waals surface area contributed by atoms with Crippen LogP contribution in [-0.4, -0.2) is 15.0 Å². The number of aromatic nitrogens is 3. The Kier molecular flexibility index (Phi) is 5.64. The second-order valence-electron chi connectivity index (χ2n) is 10.8. The topological polar surface area (TPSA) is 51.8 Å². The van der Waals surface area contributed by atoms with Gasteiger partial charge in [0.15, 0.2) is 17.5 Å². The molecule has 9 rings (SSSR count). The standard InChI is InChI=1S/C39H23N3OS/c1-3-12-24(13-4-1)37-40-38(25-14-5-2-6-15-25)42-39(41-37)26-22-30(36-29-17-8-10-21-33(29)44-34(36)23-26)27-18-11-20-32-35(27)28-16-7-9-19-31(28)43-32/h1-23H. The fourth-order valence-electron chi connectivity index (χ4n) is 6.13. The molecule has 3 aromatic heterocycles. The molecule has 0 spiro atoms. The van der Waals surface area contributed by atoms with E-state index >= 15 is 0 Å². The van der Waals surface area contributed by atoms with E-state index in [1.54, 1.807) is 11.3 Å². The predicted octanol–water partition coefficient (Wildman–Crippen LogP) is 10.8. The van der Waals surface area contributed by atoms with Crippen molar-refractivity contribution < 1.29 is 4.42 Å². The first-order valence-corrected chi connectivity index (χ1v) is 15.3. The van der Waals surface area contributed by atoms with Crippen molar-refractivity contribution in [2.45, 2.75) is 0 Å². The van der Waals surface area contributed by atoms with Crippen molar-refractivity contribution in [3.05, 3.63) is 140 Å². The Balaban J connectivity index is 1.37. The lowest BCUT2D eigenvalue weighted by Gasteiger charge is -2.12. The highest BCUT2D eigenvalue weighted by Crippen LogP contribution is 2.45. The summed E-state index contributed by atoms with van der Waals surface area (Å²) in [6.45, 7) is 0. The van der Waals surface area contributed by atoms with E-state index in [4.69, 9.17) is 19.4 Å². The molecule has 44 heavy (non-hydrogen) atoms. The summed E-state index contributed by atoms with van der Waals surface area (Å²) < 4.78 is 8.74. The summed E-state index contributed by atoms with van der Waals surface area (Å²) in [5, 5.41) is 4.69. The van der Waals surface area contributed by atoms with Crippen LogP contribution in [0.1, 0.15) is 0 Å². The molecule has 0 saturated carbocycles. The van der Waals surface area contributed by atoms with Gasteiger partial charge in [-0.3, -0.25) is 0 Å². The van der Waals surface area contributed by atoms with Crippen LogP contribution in [0.15, 0.2) is 144 Å². The lowest BCUT2D eigenvalue weighted by Crippen LogP contribution is -2.00. The first kappa shape index (κ1) is 24.9. The Bertz CT molecular complexity index is 2440. The van der Waals surface area contributed by atoms with Crippen molar-refractivity contribution in [1.82, 2.24) is 15.0 Å². The van der Waals surface area contributed by atoms with Gasteiger partial charge in [0.25, 0.3) is 0 Å². The molecule has 3 heterocycles. The zero-order valence-electron chi connectivity index (χ0n) is 23.4. The molecule has 4 nitrogen and oxygen atoms in total. The predicted molar refractivity (Wildman–Crippen MR) is 182 cm³/mol. The van der Waals surface area contributed by atoms with Gasteiger partial charge in [0.2, 0.25) is 0 Å². The first-order valence-electron chi connectivity index (χ1n) is 14.5. The van der Waals surface area contributed by atoms with E-state index in [-0.39, 0.29) is 0 Å². The molecule has 5 heteroatoms. The highest BCUT2D eigenvalue weighted by molar-refractivity contribution is 7.26. The zero-order chi connectivity index (χ0) is 29.0. The molecule has 0 aliphatic heterocycles. The molecule has 0 atom stereocenters. The smallest absolute Gasteiger partial charge is 0.164 e. The molecule has 0 aliphatic carbocycles. The average molecular weight is 582 g/mol. The number of thiophene rings is 1. The van der Waals surface area contributed by atoms with Crippen LogP contribution in [0.4, 0.5) is 0 Å². The molecule has 0 radical (unpaired) electrons. The second-order valence-corrected chi connectivity index (χ2v) is 11.9. The minimum Gasteiger partial charge on any atom is -0.456 e. The van der Waals surface area contributed by atoms with Crippen LogP contribution < -0.4 is 0 Å². The third kappa shape index (κ3) is 4.02. The maximum atomic E-state index is 6.31. The molecule has 6 aromatic carbocycles. The molecule has 9 aromatic rings. The monoisotopic (exact) mass is 581 g/mol. The summed E-state index contributed by atoms with van der Waals surface area (Å²) >= 11 is 1.80. The third-order valence-corrected chi connectivity index (χ3v) is 9.25. The van der Waals surface area contributed by atoms with E-state index in [0.29, 0.717) is 17.5 Å². The van der Waals surface area contributed by atoms with E-state index in [2.05, 4.69) is 66.7 Å². The first-order chi connectivity index (χ1) is 21.8. The Hall–Kier alpha value is -5.65. The lowest BCUT2D eigenvalue weighted by atomic mass is 9.93. The van der Waals surface area contributed by atoms with E-state index in [0.717, 1.165) is 49.8 Å². The van der Waals surface area contributed by atoms with Crippen molar-refractivity contribution in [3.8, 4) is 45.3 Å². The van der Waals surface area contributed by atoms with Crippen LogP contribution >= 0.6 is 11.3 Å². The number of benzene rings is 6. The minimum absolute atomic E-state index is 0.641. The molecule has 0 saturated heterocycles. The Morgan fingerprint density at radius 2 is 1.00 bits per heavy atom. The number of hydrogen-bond donors (Lipinski definition) is 0. The Morgan fingerprint density at radius 1 is 0.409 bits per heavy atom. The average Bonchev–Trinajstić information content (AvgIpc) is 3.67. The minimum atomic E-state index is 0.641. The van der Waals surface area contributed by atoms with Crippen molar-refractivity contribution >= 4 is 53.4 Å². The van der Waals surface area contributed by atoms with E-state index < -0.39 is 0 Å². The van der Waals surface area contributed by atoms with Gasteiger partial charge in [0.1, 0.15) is 11.2 Å². The maximum absolute atomic E-state index is 6.31.